The number of fused-ring (bicyclic) bond motifs is 1. The van der Waals surface area contributed by atoms with Crippen molar-refractivity contribution in [1.82, 2.24) is 15.2 Å². The molecule has 1 unspecified atom stereocenters. The standard InChI is InChI=1S/C15H18N4O/c1-17-13-5-7-19(15(13)20)9-10-2-3-11-4-6-18-14(16)12(11)8-10/h2-4,6,8,13,17H,5,7,9H2,1H3,(H2,16,18). The van der Waals surface area contributed by atoms with E-state index in [1.165, 1.54) is 0 Å². The van der Waals surface area contributed by atoms with Crippen molar-refractivity contribution in [3.8, 4) is 0 Å². The topological polar surface area (TPSA) is 71.2 Å². The van der Waals surface area contributed by atoms with Crippen LogP contribution < -0.4 is 11.1 Å². The van der Waals surface area contributed by atoms with Gasteiger partial charge in [0.1, 0.15) is 5.82 Å². The van der Waals surface area contributed by atoms with E-state index in [0.29, 0.717) is 12.4 Å². The van der Waals surface area contributed by atoms with Crippen LogP contribution in [-0.4, -0.2) is 35.4 Å². The molecule has 1 fully saturated rings. The molecule has 20 heavy (non-hydrogen) atoms. The van der Waals surface area contributed by atoms with Crippen LogP contribution in [0.3, 0.4) is 0 Å². The summed E-state index contributed by atoms with van der Waals surface area (Å²) in [6, 6.07) is 7.99. The Balaban J connectivity index is 1.85. The Hall–Kier alpha value is -2.14. The zero-order chi connectivity index (χ0) is 14.1. The lowest BCUT2D eigenvalue weighted by Gasteiger charge is -2.17. The number of carbonyl (C=O) groups excluding carboxylic acids is 1. The quantitative estimate of drug-likeness (QED) is 0.877. The van der Waals surface area contributed by atoms with Gasteiger partial charge in [0.15, 0.2) is 0 Å². The molecule has 1 amide bonds. The number of aromatic nitrogens is 1. The van der Waals surface area contributed by atoms with Gasteiger partial charge in [-0.2, -0.15) is 0 Å². The van der Waals surface area contributed by atoms with Crippen LogP contribution in [0.15, 0.2) is 30.5 Å². The highest BCUT2D eigenvalue weighted by Crippen LogP contribution is 2.22. The normalized spacial score (nSPS) is 18.9. The summed E-state index contributed by atoms with van der Waals surface area (Å²) in [6.45, 7) is 1.42. The van der Waals surface area contributed by atoms with Gasteiger partial charge in [-0.05, 0) is 36.6 Å². The van der Waals surface area contributed by atoms with E-state index in [4.69, 9.17) is 5.73 Å². The summed E-state index contributed by atoms with van der Waals surface area (Å²) in [5, 5.41) is 5.06. The molecule has 1 aromatic heterocycles. The SMILES string of the molecule is CNC1CCN(Cc2ccc3ccnc(N)c3c2)C1=O. The number of nitrogens with two attached hydrogens (primary N) is 1. The Labute approximate surface area is 117 Å². The maximum Gasteiger partial charge on any atom is 0.240 e. The van der Waals surface area contributed by atoms with Crippen LogP contribution in [-0.2, 0) is 11.3 Å². The summed E-state index contributed by atoms with van der Waals surface area (Å²) in [6.07, 6.45) is 2.57. The summed E-state index contributed by atoms with van der Waals surface area (Å²) in [5.41, 5.74) is 6.99. The van der Waals surface area contributed by atoms with Gasteiger partial charge in [-0.25, -0.2) is 4.98 Å². The van der Waals surface area contributed by atoms with Crippen molar-refractivity contribution in [3.05, 3.63) is 36.0 Å². The molecule has 0 radical (unpaired) electrons. The highest BCUT2D eigenvalue weighted by molar-refractivity contribution is 5.91. The number of hydrogen-bond acceptors (Lipinski definition) is 4. The maximum absolute atomic E-state index is 12.1. The van der Waals surface area contributed by atoms with Gasteiger partial charge in [-0.15, -0.1) is 0 Å². The van der Waals surface area contributed by atoms with Crippen molar-refractivity contribution >= 4 is 22.5 Å². The number of likely N-dealkylation sites (N-methyl/N-ethyl adjacent to an activating group) is 1. The lowest BCUT2D eigenvalue weighted by molar-refractivity contribution is -0.129. The second-order valence-corrected chi connectivity index (χ2v) is 5.14. The van der Waals surface area contributed by atoms with E-state index < -0.39 is 0 Å². The highest BCUT2D eigenvalue weighted by Gasteiger charge is 2.29. The predicted molar refractivity (Wildman–Crippen MR) is 79.0 cm³/mol. The van der Waals surface area contributed by atoms with Crippen LogP contribution in [0.2, 0.25) is 0 Å². The van der Waals surface area contributed by atoms with E-state index in [9.17, 15) is 4.79 Å². The van der Waals surface area contributed by atoms with E-state index in [1.54, 1.807) is 6.20 Å². The summed E-state index contributed by atoms with van der Waals surface area (Å²) >= 11 is 0. The minimum absolute atomic E-state index is 0.0396. The molecule has 2 heterocycles. The number of carbonyl (C=O) groups is 1. The molecule has 1 aromatic carbocycles. The molecule has 0 spiro atoms. The van der Waals surface area contributed by atoms with Crippen LogP contribution in [0.5, 0.6) is 0 Å². The predicted octanol–water partition coefficient (Wildman–Crippen LogP) is 1.14. The van der Waals surface area contributed by atoms with Crippen molar-refractivity contribution in [1.29, 1.82) is 0 Å². The first-order chi connectivity index (χ1) is 9.69. The Kier molecular flexibility index (Phi) is 3.28. The number of benzene rings is 1. The fourth-order valence-electron chi connectivity index (χ4n) is 2.72. The van der Waals surface area contributed by atoms with E-state index in [-0.39, 0.29) is 11.9 Å². The summed E-state index contributed by atoms with van der Waals surface area (Å²) in [7, 11) is 1.83. The summed E-state index contributed by atoms with van der Waals surface area (Å²) in [5.74, 6) is 0.706. The summed E-state index contributed by atoms with van der Waals surface area (Å²) in [4.78, 5) is 18.1. The third kappa shape index (κ3) is 2.20. The molecule has 0 bridgehead atoms. The van der Waals surface area contributed by atoms with Crippen molar-refractivity contribution in [2.24, 2.45) is 0 Å². The third-order valence-corrected chi connectivity index (χ3v) is 3.88. The summed E-state index contributed by atoms with van der Waals surface area (Å²) < 4.78 is 0. The largest absolute Gasteiger partial charge is 0.383 e. The molecular formula is C15H18N4O. The van der Waals surface area contributed by atoms with Gasteiger partial charge in [0.25, 0.3) is 0 Å². The average Bonchev–Trinajstić information content (AvgIpc) is 2.80. The van der Waals surface area contributed by atoms with E-state index in [0.717, 1.165) is 29.3 Å². The van der Waals surface area contributed by atoms with Gasteiger partial charge in [0.2, 0.25) is 5.91 Å². The number of likely N-dealkylation sites (tertiary alicyclic amines) is 1. The first-order valence-electron chi connectivity index (χ1n) is 6.78. The molecule has 0 saturated carbocycles. The first kappa shape index (κ1) is 12.9. The molecule has 104 valence electrons. The van der Waals surface area contributed by atoms with Crippen molar-refractivity contribution in [2.45, 2.75) is 19.0 Å². The zero-order valence-corrected chi connectivity index (χ0v) is 11.5. The Morgan fingerprint density at radius 1 is 1.45 bits per heavy atom. The van der Waals surface area contributed by atoms with E-state index in [1.807, 2.05) is 36.2 Å². The number of nitrogen functional groups attached to an aromatic ring is 1. The number of nitrogens with one attached hydrogen (secondary N) is 1. The lowest BCUT2D eigenvalue weighted by Crippen LogP contribution is -2.35. The minimum atomic E-state index is -0.0396. The smallest absolute Gasteiger partial charge is 0.240 e. The van der Waals surface area contributed by atoms with Gasteiger partial charge >= 0.3 is 0 Å². The van der Waals surface area contributed by atoms with E-state index in [2.05, 4.69) is 10.3 Å². The van der Waals surface area contributed by atoms with Crippen LogP contribution in [0.4, 0.5) is 5.82 Å². The third-order valence-electron chi connectivity index (χ3n) is 3.88. The number of hydrogen-bond donors (Lipinski definition) is 2. The fraction of sp³-hybridized carbons (Fsp3) is 0.333. The number of pyridine rings is 1. The molecule has 1 aliphatic heterocycles. The number of anilines is 1. The molecule has 1 saturated heterocycles. The van der Waals surface area contributed by atoms with Crippen molar-refractivity contribution in [3.63, 3.8) is 0 Å². The molecule has 5 nitrogen and oxygen atoms in total. The molecular weight excluding hydrogens is 252 g/mol. The minimum Gasteiger partial charge on any atom is -0.383 e. The second kappa shape index (κ2) is 5.09. The van der Waals surface area contributed by atoms with Gasteiger partial charge < -0.3 is 16.0 Å². The Morgan fingerprint density at radius 2 is 2.30 bits per heavy atom. The number of nitrogens with zero attached hydrogens (tertiary/aromatic N) is 2. The number of amides is 1. The molecule has 0 aliphatic carbocycles. The first-order valence-corrected chi connectivity index (χ1v) is 6.78. The zero-order valence-electron chi connectivity index (χ0n) is 11.5. The Bertz CT molecular complexity index is 655. The Morgan fingerprint density at radius 3 is 3.05 bits per heavy atom. The lowest BCUT2D eigenvalue weighted by atomic mass is 10.1. The highest BCUT2D eigenvalue weighted by atomic mass is 16.2. The van der Waals surface area contributed by atoms with E-state index >= 15 is 0 Å². The van der Waals surface area contributed by atoms with Gasteiger partial charge in [-0.3, -0.25) is 4.79 Å². The van der Waals surface area contributed by atoms with Gasteiger partial charge in [-0.1, -0.05) is 12.1 Å². The van der Waals surface area contributed by atoms with Gasteiger partial charge in [0.05, 0.1) is 6.04 Å². The fourth-order valence-corrected chi connectivity index (χ4v) is 2.72. The average molecular weight is 270 g/mol. The molecule has 3 rings (SSSR count). The van der Waals surface area contributed by atoms with Crippen molar-refractivity contribution < 1.29 is 4.79 Å². The molecule has 3 N–H and O–H groups in total. The van der Waals surface area contributed by atoms with Gasteiger partial charge in [0, 0.05) is 24.7 Å². The van der Waals surface area contributed by atoms with Crippen LogP contribution in [0.1, 0.15) is 12.0 Å². The molecule has 5 heteroatoms. The molecule has 2 aromatic rings. The number of rotatable bonds is 3. The van der Waals surface area contributed by atoms with Crippen LogP contribution in [0, 0.1) is 0 Å². The second-order valence-electron chi connectivity index (χ2n) is 5.14. The molecule has 1 aliphatic rings. The monoisotopic (exact) mass is 270 g/mol. The molecule has 1 atom stereocenters. The van der Waals surface area contributed by atoms with Crippen LogP contribution >= 0.6 is 0 Å². The van der Waals surface area contributed by atoms with Crippen molar-refractivity contribution in [2.75, 3.05) is 19.3 Å². The van der Waals surface area contributed by atoms with Crippen LogP contribution in [0.25, 0.3) is 10.8 Å². The maximum atomic E-state index is 12.1.